The molecule has 33 heavy (non-hydrogen) atoms. The Balaban J connectivity index is 2.22. The first-order valence-corrected chi connectivity index (χ1v) is 13.1. The van der Waals surface area contributed by atoms with Crippen LogP contribution in [0.25, 0.3) is 6.08 Å². The Bertz CT molecular complexity index is 1060. The number of hydrogen-bond donors (Lipinski definition) is 0. The summed E-state index contributed by atoms with van der Waals surface area (Å²) in [6.45, 7) is 13.2. The van der Waals surface area contributed by atoms with E-state index >= 15 is 0 Å². The molecule has 2 aliphatic heterocycles. The molecule has 0 aliphatic carbocycles. The van der Waals surface area contributed by atoms with Crippen LogP contribution in [0.15, 0.2) is 9.70 Å². The van der Waals surface area contributed by atoms with E-state index in [2.05, 4.69) is 31.7 Å². The number of piperidine rings is 1. The smallest absolute Gasteiger partial charge is 0.270 e. The Morgan fingerprint density at radius 1 is 1.15 bits per heavy atom. The highest BCUT2D eigenvalue weighted by Crippen LogP contribution is 2.37. The van der Waals surface area contributed by atoms with Gasteiger partial charge in [-0.15, -0.1) is 0 Å². The van der Waals surface area contributed by atoms with E-state index in [0.717, 1.165) is 50.2 Å². The van der Waals surface area contributed by atoms with Crippen molar-refractivity contribution in [2.75, 3.05) is 24.5 Å². The van der Waals surface area contributed by atoms with Gasteiger partial charge in [0.05, 0.1) is 4.91 Å². The molecule has 0 radical (unpaired) electrons. The van der Waals surface area contributed by atoms with E-state index in [1.54, 1.807) is 9.47 Å². The average molecular weight is 487 g/mol. The third kappa shape index (κ3) is 5.20. The van der Waals surface area contributed by atoms with Crippen molar-refractivity contribution in [2.45, 2.75) is 66.8 Å². The Labute approximate surface area is 206 Å². The van der Waals surface area contributed by atoms with E-state index in [4.69, 9.17) is 12.2 Å². The van der Waals surface area contributed by atoms with Crippen LogP contribution in [0.3, 0.4) is 0 Å². The number of thioether (sulfide) groups is 1. The fraction of sp³-hybridized carbons (Fsp3) is 0.600. The molecule has 1 amide bonds. The van der Waals surface area contributed by atoms with Crippen LogP contribution in [0, 0.1) is 30.1 Å². The zero-order chi connectivity index (χ0) is 24.3. The van der Waals surface area contributed by atoms with Gasteiger partial charge in [-0.25, -0.2) is 0 Å². The molecule has 2 atom stereocenters. The van der Waals surface area contributed by atoms with Gasteiger partial charge in [0.2, 0.25) is 0 Å². The molecule has 2 fully saturated rings. The number of hydrogen-bond acceptors (Lipinski definition) is 6. The van der Waals surface area contributed by atoms with Gasteiger partial charge in [0, 0.05) is 31.7 Å². The number of thiocarbonyl (C=S) groups is 1. The highest BCUT2D eigenvalue weighted by atomic mass is 32.2. The van der Waals surface area contributed by atoms with Crippen molar-refractivity contribution < 1.29 is 4.79 Å². The first-order chi connectivity index (χ1) is 15.7. The van der Waals surface area contributed by atoms with Crippen molar-refractivity contribution in [1.82, 2.24) is 9.47 Å². The number of aromatic nitrogens is 1. The summed E-state index contributed by atoms with van der Waals surface area (Å²) in [6, 6.07) is 2.12. The van der Waals surface area contributed by atoms with Gasteiger partial charge in [0.15, 0.2) is 0 Å². The lowest BCUT2D eigenvalue weighted by Crippen LogP contribution is -2.43. The van der Waals surface area contributed by atoms with E-state index in [9.17, 15) is 14.9 Å². The zero-order valence-electron chi connectivity index (χ0n) is 20.3. The van der Waals surface area contributed by atoms with Crippen molar-refractivity contribution in [3.05, 3.63) is 31.9 Å². The first kappa shape index (κ1) is 25.5. The third-order valence-corrected chi connectivity index (χ3v) is 7.72. The van der Waals surface area contributed by atoms with Crippen LogP contribution in [-0.4, -0.2) is 39.3 Å². The zero-order valence-corrected chi connectivity index (χ0v) is 21.9. The molecule has 1 aromatic heterocycles. The van der Waals surface area contributed by atoms with Crippen molar-refractivity contribution in [2.24, 2.45) is 11.8 Å². The number of rotatable bonds is 7. The van der Waals surface area contributed by atoms with Gasteiger partial charge in [-0.3, -0.25) is 19.1 Å². The second kappa shape index (κ2) is 10.9. The van der Waals surface area contributed by atoms with E-state index in [1.807, 2.05) is 19.9 Å². The maximum Gasteiger partial charge on any atom is 0.270 e. The Morgan fingerprint density at radius 2 is 1.82 bits per heavy atom. The predicted molar refractivity (Wildman–Crippen MR) is 140 cm³/mol. The monoisotopic (exact) mass is 486 g/mol. The highest BCUT2D eigenvalue weighted by molar-refractivity contribution is 8.26. The molecule has 0 bridgehead atoms. The fourth-order valence-electron chi connectivity index (χ4n) is 4.89. The molecule has 3 rings (SSSR count). The van der Waals surface area contributed by atoms with Gasteiger partial charge in [-0.2, -0.15) is 5.26 Å². The average Bonchev–Trinajstić information content (AvgIpc) is 3.02. The topological polar surface area (TPSA) is 69.3 Å². The second-order valence-electron chi connectivity index (χ2n) is 9.34. The van der Waals surface area contributed by atoms with E-state index in [-0.39, 0.29) is 17.0 Å². The molecule has 2 unspecified atom stereocenters. The predicted octanol–water partition coefficient (Wildman–Crippen LogP) is 4.92. The van der Waals surface area contributed by atoms with Crippen molar-refractivity contribution in [3.8, 4) is 6.07 Å². The SMILES string of the molecule is CCCCN1C(=O)/C(=C/c2c(C)c(C#N)c(=O)n(CCC)c2N2CC(C)CC(C)C2)SC1=S. The van der Waals surface area contributed by atoms with Gasteiger partial charge < -0.3 is 4.90 Å². The number of anilines is 1. The van der Waals surface area contributed by atoms with Gasteiger partial charge >= 0.3 is 0 Å². The normalized spacial score (nSPS) is 22.4. The summed E-state index contributed by atoms with van der Waals surface area (Å²) in [5.74, 6) is 1.73. The molecule has 0 saturated carbocycles. The molecule has 8 heteroatoms. The maximum absolute atomic E-state index is 13.3. The number of carbonyl (C=O) groups is 1. The van der Waals surface area contributed by atoms with Crippen LogP contribution >= 0.6 is 24.0 Å². The number of amides is 1. The fourth-order valence-corrected chi connectivity index (χ4v) is 6.18. The standard InChI is InChI=1S/C25H34N4O2S2/c1-6-8-10-29-24(31)21(33-25(29)32)12-19-18(5)20(13-26)23(30)28(9-7-2)22(19)27-14-16(3)11-17(4)15-27/h12,16-17H,6-11,14-15H2,1-5H3/b21-12-. The number of unbranched alkanes of at least 4 members (excludes halogenated alkanes) is 1. The van der Waals surface area contributed by atoms with Crippen molar-refractivity contribution >= 4 is 46.1 Å². The number of pyridine rings is 1. The third-order valence-electron chi connectivity index (χ3n) is 6.35. The molecule has 0 N–H and O–H groups in total. The summed E-state index contributed by atoms with van der Waals surface area (Å²) in [7, 11) is 0. The maximum atomic E-state index is 13.3. The van der Waals surface area contributed by atoms with Gasteiger partial charge in [0.1, 0.15) is 21.8 Å². The summed E-state index contributed by atoms with van der Waals surface area (Å²) in [5.41, 5.74) is 1.33. The summed E-state index contributed by atoms with van der Waals surface area (Å²) >= 11 is 6.80. The molecule has 6 nitrogen and oxygen atoms in total. The first-order valence-electron chi connectivity index (χ1n) is 11.9. The van der Waals surface area contributed by atoms with Crippen LogP contribution in [0.4, 0.5) is 5.82 Å². The van der Waals surface area contributed by atoms with Crippen LogP contribution in [-0.2, 0) is 11.3 Å². The molecule has 0 aromatic carbocycles. The Kier molecular flexibility index (Phi) is 8.41. The summed E-state index contributed by atoms with van der Waals surface area (Å²) in [5, 5.41) is 9.80. The molecule has 178 valence electrons. The lowest BCUT2D eigenvalue weighted by molar-refractivity contribution is -0.122. The van der Waals surface area contributed by atoms with Crippen LogP contribution < -0.4 is 10.5 Å². The molecule has 2 saturated heterocycles. The van der Waals surface area contributed by atoms with Crippen molar-refractivity contribution in [1.29, 1.82) is 5.26 Å². The molecule has 1 aromatic rings. The molecule has 3 heterocycles. The minimum atomic E-state index is -0.245. The van der Waals surface area contributed by atoms with E-state index in [0.29, 0.717) is 39.7 Å². The molecule has 2 aliphatic rings. The number of carbonyl (C=O) groups excluding carboxylic acids is 1. The Morgan fingerprint density at radius 3 is 2.39 bits per heavy atom. The summed E-state index contributed by atoms with van der Waals surface area (Å²) in [4.78, 5) is 31.0. The number of nitrogens with zero attached hydrogens (tertiary/aromatic N) is 4. The van der Waals surface area contributed by atoms with Gasteiger partial charge in [-0.05, 0) is 49.7 Å². The van der Waals surface area contributed by atoms with Crippen LogP contribution in [0.2, 0.25) is 0 Å². The second-order valence-corrected chi connectivity index (χ2v) is 11.0. The summed E-state index contributed by atoms with van der Waals surface area (Å²) < 4.78 is 2.32. The van der Waals surface area contributed by atoms with Gasteiger partial charge in [0.25, 0.3) is 11.5 Å². The molecular formula is C25H34N4O2S2. The minimum absolute atomic E-state index is 0.0871. The van der Waals surface area contributed by atoms with Gasteiger partial charge in [-0.1, -0.05) is 58.1 Å². The summed E-state index contributed by atoms with van der Waals surface area (Å²) in [6.07, 6.45) is 5.67. The quantitative estimate of drug-likeness (QED) is 0.402. The largest absolute Gasteiger partial charge is 0.357 e. The lowest BCUT2D eigenvalue weighted by Gasteiger charge is -2.39. The Hall–Kier alpha value is -2.11. The van der Waals surface area contributed by atoms with Crippen LogP contribution in [0.1, 0.15) is 70.1 Å². The minimum Gasteiger partial charge on any atom is -0.357 e. The highest BCUT2D eigenvalue weighted by Gasteiger charge is 2.33. The van der Waals surface area contributed by atoms with E-state index < -0.39 is 0 Å². The number of nitriles is 1. The molecular weight excluding hydrogens is 452 g/mol. The van der Waals surface area contributed by atoms with Crippen LogP contribution in [0.5, 0.6) is 0 Å². The molecule has 0 spiro atoms. The van der Waals surface area contributed by atoms with E-state index in [1.165, 1.54) is 11.8 Å². The lowest BCUT2D eigenvalue weighted by atomic mass is 9.91. The van der Waals surface area contributed by atoms with Crippen molar-refractivity contribution in [3.63, 3.8) is 0 Å².